The van der Waals surface area contributed by atoms with E-state index in [-0.39, 0.29) is 11.3 Å². The molecule has 1 saturated heterocycles. The van der Waals surface area contributed by atoms with E-state index in [9.17, 15) is 4.79 Å². The van der Waals surface area contributed by atoms with E-state index < -0.39 is 0 Å². The predicted molar refractivity (Wildman–Crippen MR) is 97.0 cm³/mol. The number of carbonyl (C=O) groups is 1. The fourth-order valence-corrected chi connectivity index (χ4v) is 3.34. The summed E-state index contributed by atoms with van der Waals surface area (Å²) in [5, 5.41) is 3.84. The van der Waals surface area contributed by atoms with Gasteiger partial charge in [0.15, 0.2) is 0 Å². The Bertz CT molecular complexity index is 507. The molecule has 1 amide bonds. The number of hydrogen-bond donors (Lipinski definition) is 1. The number of hydrogen-bond acceptors (Lipinski definition) is 2. The lowest BCUT2D eigenvalue weighted by Crippen LogP contribution is -2.45. The number of carbonyl (C=O) groups excluding carboxylic acids is 1. The maximum atomic E-state index is 12.3. The van der Waals surface area contributed by atoms with Gasteiger partial charge >= 0.3 is 0 Å². The molecule has 0 aliphatic carbocycles. The van der Waals surface area contributed by atoms with E-state index in [1.54, 1.807) is 0 Å². The number of rotatable bonds is 6. The van der Waals surface area contributed by atoms with Gasteiger partial charge in [-0.25, -0.2) is 0 Å². The zero-order valence-corrected chi connectivity index (χ0v) is 15.3. The Labute approximate surface area is 145 Å². The minimum atomic E-state index is -0.191. The Morgan fingerprint density at radius 2 is 1.83 bits per heavy atom. The number of amides is 1. The molecule has 1 unspecified atom stereocenters. The number of nitrogens with zero attached hydrogens (tertiary/aromatic N) is 1. The van der Waals surface area contributed by atoms with Crippen LogP contribution in [-0.2, 0) is 10.2 Å². The fourth-order valence-electron chi connectivity index (χ4n) is 3.22. The second kappa shape index (κ2) is 8.16. The Balaban J connectivity index is 1.82. The van der Waals surface area contributed by atoms with Crippen LogP contribution in [0.3, 0.4) is 0 Å². The summed E-state index contributed by atoms with van der Waals surface area (Å²) in [6.07, 6.45) is 4.38. The number of likely N-dealkylation sites (tertiary alicyclic amines) is 1. The van der Waals surface area contributed by atoms with Crippen LogP contribution in [0.25, 0.3) is 0 Å². The van der Waals surface area contributed by atoms with E-state index in [0.29, 0.717) is 12.5 Å². The molecule has 1 aromatic rings. The van der Waals surface area contributed by atoms with E-state index in [1.165, 1.54) is 19.3 Å². The SMILES string of the molecule is CC(CNC(=O)CC(C)(C)c1ccc(Cl)cc1)N1CCCCC1. The van der Waals surface area contributed by atoms with Crippen LogP contribution in [0.2, 0.25) is 5.02 Å². The monoisotopic (exact) mass is 336 g/mol. The van der Waals surface area contributed by atoms with Crippen molar-refractivity contribution in [2.45, 2.75) is 57.9 Å². The summed E-state index contributed by atoms with van der Waals surface area (Å²) in [6, 6.07) is 8.19. The van der Waals surface area contributed by atoms with Crippen molar-refractivity contribution in [3.05, 3.63) is 34.9 Å². The van der Waals surface area contributed by atoms with E-state index >= 15 is 0 Å². The van der Waals surface area contributed by atoms with Gasteiger partial charge in [-0.3, -0.25) is 9.69 Å². The highest BCUT2D eigenvalue weighted by Gasteiger charge is 2.25. The molecule has 128 valence electrons. The molecular formula is C19H29ClN2O. The molecule has 0 saturated carbocycles. The van der Waals surface area contributed by atoms with Gasteiger partial charge in [0.05, 0.1) is 0 Å². The Morgan fingerprint density at radius 3 is 2.43 bits per heavy atom. The quantitative estimate of drug-likeness (QED) is 0.851. The standard InChI is InChI=1S/C19H29ClN2O/c1-15(22-11-5-4-6-12-22)14-21-18(23)13-19(2,3)16-7-9-17(20)10-8-16/h7-10,15H,4-6,11-14H2,1-3H3,(H,21,23). The van der Waals surface area contributed by atoms with E-state index in [1.807, 2.05) is 24.3 Å². The molecular weight excluding hydrogens is 308 g/mol. The molecule has 3 nitrogen and oxygen atoms in total. The second-order valence-corrected chi connectivity index (χ2v) is 7.75. The summed E-state index contributed by atoms with van der Waals surface area (Å²) < 4.78 is 0. The molecule has 1 atom stereocenters. The predicted octanol–water partition coefficient (Wildman–Crippen LogP) is 4.00. The van der Waals surface area contributed by atoms with Crippen LogP contribution in [0, 0.1) is 0 Å². The van der Waals surface area contributed by atoms with Crippen LogP contribution in [0.5, 0.6) is 0 Å². The third-order valence-electron chi connectivity index (χ3n) is 4.84. The first-order valence-electron chi connectivity index (χ1n) is 8.65. The minimum absolute atomic E-state index is 0.119. The largest absolute Gasteiger partial charge is 0.355 e. The molecule has 2 rings (SSSR count). The molecule has 1 fully saturated rings. The molecule has 1 heterocycles. The lowest BCUT2D eigenvalue weighted by Gasteiger charge is -2.32. The van der Waals surface area contributed by atoms with Gasteiger partial charge in [0.25, 0.3) is 0 Å². The van der Waals surface area contributed by atoms with Crippen LogP contribution >= 0.6 is 11.6 Å². The Kier molecular flexibility index (Phi) is 6.49. The average Bonchev–Trinajstić information content (AvgIpc) is 2.53. The first-order chi connectivity index (χ1) is 10.9. The molecule has 4 heteroatoms. The summed E-state index contributed by atoms with van der Waals surface area (Å²) in [7, 11) is 0. The molecule has 1 aliphatic heterocycles. The van der Waals surface area contributed by atoms with E-state index in [4.69, 9.17) is 11.6 Å². The molecule has 23 heavy (non-hydrogen) atoms. The van der Waals surface area contributed by atoms with Crippen molar-refractivity contribution in [1.29, 1.82) is 0 Å². The van der Waals surface area contributed by atoms with Crippen LogP contribution in [-0.4, -0.2) is 36.5 Å². The fraction of sp³-hybridized carbons (Fsp3) is 0.632. The molecule has 1 aromatic carbocycles. The minimum Gasteiger partial charge on any atom is -0.355 e. The zero-order chi connectivity index (χ0) is 16.9. The van der Waals surface area contributed by atoms with Gasteiger partial charge in [0.1, 0.15) is 0 Å². The van der Waals surface area contributed by atoms with E-state index in [0.717, 1.165) is 30.2 Å². The van der Waals surface area contributed by atoms with Gasteiger partial charge in [0, 0.05) is 24.0 Å². The molecule has 0 radical (unpaired) electrons. The third-order valence-corrected chi connectivity index (χ3v) is 5.09. The number of benzene rings is 1. The van der Waals surface area contributed by atoms with Gasteiger partial charge in [-0.15, -0.1) is 0 Å². The summed E-state index contributed by atoms with van der Waals surface area (Å²) in [6.45, 7) is 9.46. The van der Waals surface area contributed by atoms with Gasteiger partial charge in [0.2, 0.25) is 5.91 Å². The summed E-state index contributed by atoms with van der Waals surface area (Å²) >= 11 is 5.94. The van der Waals surface area contributed by atoms with Crippen molar-refractivity contribution in [3.63, 3.8) is 0 Å². The second-order valence-electron chi connectivity index (χ2n) is 7.32. The van der Waals surface area contributed by atoms with Crippen LogP contribution in [0.4, 0.5) is 0 Å². The molecule has 0 aromatic heterocycles. The maximum Gasteiger partial charge on any atom is 0.220 e. The van der Waals surface area contributed by atoms with Crippen molar-refractivity contribution < 1.29 is 4.79 Å². The van der Waals surface area contributed by atoms with Crippen molar-refractivity contribution in [3.8, 4) is 0 Å². The Morgan fingerprint density at radius 1 is 1.22 bits per heavy atom. The maximum absolute atomic E-state index is 12.3. The van der Waals surface area contributed by atoms with Crippen molar-refractivity contribution >= 4 is 17.5 Å². The molecule has 1 N–H and O–H groups in total. The normalized spacial score (nSPS) is 17.7. The summed E-state index contributed by atoms with van der Waals surface area (Å²) in [4.78, 5) is 14.8. The molecule has 0 bridgehead atoms. The third kappa shape index (κ3) is 5.50. The smallest absolute Gasteiger partial charge is 0.220 e. The lowest BCUT2D eigenvalue weighted by molar-refractivity contribution is -0.122. The number of nitrogens with one attached hydrogen (secondary N) is 1. The highest BCUT2D eigenvalue weighted by molar-refractivity contribution is 6.30. The topological polar surface area (TPSA) is 32.3 Å². The molecule has 1 aliphatic rings. The van der Waals surface area contributed by atoms with Crippen molar-refractivity contribution in [2.24, 2.45) is 0 Å². The van der Waals surface area contributed by atoms with Crippen LogP contribution in [0.1, 0.15) is 52.0 Å². The molecule has 0 spiro atoms. The first kappa shape index (κ1) is 18.3. The lowest BCUT2D eigenvalue weighted by atomic mass is 9.81. The van der Waals surface area contributed by atoms with Crippen LogP contribution in [0.15, 0.2) is 24.3 Å². The van der Waals surface area contributed by atoms with Crippen molar-refractivity contribution in [1.82, 2.24) is 10.2 Å². The summed E-state index contributed by atoms with van der Waals surface area (Å²) in [5.74, 6) is 0.119. The average molecular weight is 337 g/mol. The van der Waals surface area contributed by atoms with Gasteiger partial charge in [-0.2, -0.15) is 0 Å². The van der Waals surface area contributed by atoms with Gasteiger partial charge in [-0.1, -0.05) is 44.0 Å². The number of halogens is 1. The van der Waals surface area contributed by atoms with Crippen molar-refractivity contribution in [2.75, 3.05) is 19.6 Å². The zero-order valence-electron chi connectivity index (χ0n) is 14.6. The van der Waals surface area contributed by atoms with Gasteiger partial charge in [-0.05, 0) is 56.0 Å². The number of piperidine rings is 1. The summed E-state index contributed by atoms with van der Waals surface area (Å²) in [5.41, 5.74) is 0.949. The highest BCUT2D eigenvalue weighted by atomic mass is 35.5. The van der Waals surface area contributed by atoms with Gasteiger partial charge < -0.3 is 5.32 Å². The Hall–Kier alpha value is -1.06. The highest BCUT2D eigenvalue weighted by Crippen LogP contribution is 2.28. The van der Waals surface area contributed by atoms with Crippen LogP contribution < -0.4 is 5.32 Å². The first-order valence-corrected chi connectivity index (χ1v) is 9.03. The van der Waals surface area contributed by atoms with E-state index in [2.05, 4.69) is 31.0 Å².